The predicted molar refractivity (Wildman–Crippen MR) is 81.9 cm³/mol. The molecule has 1 aromatic heterocycles. The molecule has 3 nitrogen and oxygen atoms in total. The van der Waals surface area contributed by atoms with E-state index in [0.29, 0.717) is 18.0 Å². The van der Waals surface area contributed by atoms with Gasteiger partial charge in [-0.15, -0.1) is 0 Å². The van der Waals surface area contributed by atoms with Crippen molar-refractivity contribution < 1.29 is 0 Å². The quantitative estimate of drug-likeness (QED) is 0.904. The topological polar surface area (TPSA) is 43.8 Å². The average Bonchev–Trinajstić information content (AvgIpc) is 3.20. The molecule has 0 saturated heterocycles. The van der Waals surface area contributed by atoms with E-state index >= 15 is 0 Å². The van der Waals surface area contributed by atoms with Crippen molar-refractivity contribution in [2.75, 3.05) is 0 Å². The number of nitrogens with zero attached hydrogens (tertiary/aromatic N) is 2. The van der Waals surface area contributed by atoms with E-state index in [1.54, 1.807) is 0 Å². The molecule has 2 saturated carbocycles. The van der Waals surface area contributed by atoms with Gasteiger partial charge in [-0.05, 0) is 50.3 Å². The first-order valence-electron chi connectivity index (χ1n) is 7.98. The van der Waals surface area contributed by atoms with E-state index in [0.717, 1.165) is 11.9 Å². The second-order valence-corrected chi connectivity index (χ2v) is 6.62. The van der Waals surface area contributed by atoms with Gasteiger partial charge in [-0.25, -0.2) is 4.98 Å². The van der Waals surface area contributed by atoms with Gasteiger partial charge in [0.15, 0.2) is 0 Å². The van der Waals surface area contributed by atoms with Crippen molar-refractivity contribution >= 4 is 11.0 Å². The van der Waals surface area contributed by atoms with E-state index < -0.39 is 0 Å². The maximum atomic E-state index is 6.40. The molecular formula is C17H23N3. The SMILES string of the molecule is Cc1ccc2c(c1)nc(C1CCCCC1N)n2C1CC1. The number of imidazole rings is 1. The molecule has 1 heterocycles. The summed E-state index contributed by atoms with van der Waals surface area (Å²) in [6.07, 6.45) is 7.53. The van der Waals surface area contributed by atoms with E-state index in [-0.39, 0.29) is 0 Å². The summed E-state index contributed by atoms with van der Waals surface area (Å²) in [6, 6.07) is 7.62. The summed E-state index contributed by atoms with van der Waals surface area (Å²) in [6.45, 7) is 2.14. The molecule has 0 radical (unpaired) electrons. The lowest BCUT2D eigenvalue weighted by atomic mass is 9.84. The molecule has 2 aromatic rings. The fraction of sp³-hybridized carbons (Fsp3) is 0.588. The molecule has 20 heavy (non-hydrogen) atoms. The first-order chi connectivity index (χ1) is 9.74. The van der Waals surface area contributed by atoms with Gasteiger partial charge >= 0.3 is 0 Å². The molecule has 2 aliphatic carbocycles. The van der Waals surface area contributed by atoms with Crippen molar-refractivity contribution in [3.05, 3.63) is 29.6 Å². The maximum absolute atomic E-state index is 6.40. The number of hydrogen-bond donors (Lipinski definition) is 1. The molecule has 0 amide bonds. The Balaban J connectivity index is 1.86. The number of aryl methyl sites for hydroxylation is 1. The van der Waals surface area contributed by atoms with E-state index in [9.17, 15) is 0 Å². The molecule has 0 bridgehead atoms. The molecule has 4 rings (SSSR count). The Morgan fingerprint density at radius 3 is 2.70 bits per heavy atom. The fourth-order valence-corrected chi connectivity index (χ4v) is 3.69. The van der Waals surface area contributed by atoms with E-state index in [1.165, 1.54) is 49.0 Å². The minimum Gasteiger partial charge on any atom is -0.327 e. The largest absolute Gasteiger partial charge is 0.327 e. The van der Waals surface area contributed by atoms with Crippen LogP contribution in [0.3, 0.4) is 0 Å². The molecule has 1 aromatic carbocycles. The Labute approximate surface area is 120 Å². The smallest absolute Gasteiger partial charge is 0.114 e. The Kier molecular flexibility index (Phi) is 2.84. The van der Waals surface area contributed by atoms with Gasteiger partial charge < -0.3 is 10.3 Å². The highest BCUT2D eigenvalue weighted by Crippen LogP contribution is 2.42. The van der Waals surface area contributed by atoms with Gasteiger partial charge in [-0.1, -0.05) is 18.9 Å². The first kappa shape index (κ1) is 12.4. The third-order valence-corrected chi connectivity index (χ3v) is 4.94. The monoisotopic (exact) mass is 269 g/mol. The van der Waals surface area contributed by atoms with Gasteiger partial charge in [0.05, 0.1) is 11.0 Å². The molecule has 0 aliphatic heterocycles. The van der Waals surface area contributed by atoms with Crippen LogP contribution in [0.2, 0.25) is 0 Å². The predicted octanol–water partition coefficient (Wildman–Crippen LogP) is 3.66. The first-order valence-corrected chi connectivity index (χ1v) is 7.98. The number of benzene rings is 1. The van der Waals surface area contributed by atoms with Crippen LogP contribution in [0.25, 0.3) is 11.0 Å². The second kappa shape index (κ2) is 4.59. The molecule has 0 spiro atoms. The molecule has 106 valence electrons. The standard InChI is InChI=1S/C17H23N3/c1-11-6-9-16-15(10-11)19-17(20(16)12-7-8-12)13-4-2-3-5-14(13)18/h6,9-10,12-14H,2-5,7-8,18H2,1H3. The van der Waals surface area contributed by atoms with Gasteiger partial charge in [0, 0.05) is 18.0 Å². The summed E-state index contributed by atoms with van der Waals surface area (Å²) in [4.78, 5) is 4.99. The van der Waals surface area contributed by atoms with Gasteiger partial charge in [-0.2, -0.15) is 0 Å². The second-order valence-electron chi connectivity index (χ2n) is 6.62. The third-order valence-electron chi connectivity index (χ3n) is 4.94. The lowest BCUT2D eigenvalue weighted by molar-refractivity contribution is 0.365. The van der Waals surface area contributed by atoms with Crippen molar-refractivity contribution in [2.45, 2.75) is 63.5 Å². The van der Waals surface area contributed by atoms with Crippen LogP contribution in [0.4, 0.5) is 0 Å². The van der Waals surface area contributed by atoms with Crippen molar-refractivity contribution in [2.24, 2.45) is 5.73 Å². The molecule has 2 atom stereocenters. The van der Waals surface area contributed by atoms with Gasteiger partial charge in [0.2, 0.25) is 0 Å². The van der Waals surface area contributed by atoms with Crippen molar-refractivity contribution in [3.63, 3.8) is 0 Å². The zero-order chi connectivity index (χ0) is 13.7. The Hall–Kier alpha value is -1.35. The van der Waals surface area contributed by atoms with Crippen LogP contribution < -0.4 is 5.73 Å². The summed E-state index contributed by atoms with van der Waals surface area (Å²) < 4.78 is 2.50. The van der Waals surface area contributed by atoms with E-state index in [2.05, 4.69) is 29.7 Å². The number of fused-ring (bicyclic) bond motifs is 1. The highest BCUT2D eigenvalue weighted by atomic mass is 15.1. The highest BCUT2D eigenvalue weighted by Gasteiger charge is 2.34. The molecular weight excluding hydrogens is 246 g/mol. The van der Waals surface area contributed by atoms with Crippen LogP contribution in [0.1, 0.15) is 61.9 Å². The zero-order valence-electron chi connectivity index (χ0n) is 12.2. The summed E-state index contributed by atoms with van der Waals surface area (Å²) in [5, 5.41) is 0. The lowest BCUT2D eigenvalue weighted by Crippen LogP contribution is -2.33. The minimum atomic E-state index is 0.291. The van der Waals surface area contributed by atoms with Crippen LogP contribution in [0.15, 0.2) is 18.2 Å². The van der Waals surface area contributed by atoms with Gasteiger partial charge in [0.25, 0.3) is 0 Å². The average molecular weight is 269 g/mol. The fourth-order valence-electron chi connectivity index (χ4n) is 3.69. The number of rotatable bonds is 2. The van der Waals surface area contributed by atoms with Crippen LogP contribution >= 0.6 is 0 Å². The van der Waals surface area contributed by atoms with Gasteiger partial charge in [-0.3, -0.25) is 0 Å². The molecule has 2 aliphatic rings. The molecule has 3 heteroatoms. The van der Waals surface area contributed by atoms with Crippen LogP contribution in [-0.2, 0) is 0 Å². The summed E-state index contributed by atoms with van der Waals surface area (Å²) in [7, 11) is 0. The minimum absolute atomic E-state index is 0.291. The van der Waals surface area contributed by atoms with Crippen molar-refractivity contribution in [1.82, 2.24) is 9.55 Å². The molecule has 2 fully saturated rings. The number of hydrogen-bond acceptors (Lipinski definition) is 2. The van der Waals surface area contributed by atoms with Crippen LogP contribution in [-0.4, -0.2) is 15.6 Å². The summed E-state index contributed by atoms with van der Waals surface area (Å²) in [5.74, 6) is 1.72. The highest BCUT2D eigenvalue weighted by molar-refractivity contribution is 5.77. The Bertz CT molecular complexity index is 639. The Morgan fingerprint density at radius 2 is 1.95 bits per heavy atom. The van der Waals surface area contributed by atoms with E-state index in [4.69, 9.17) is 10.7 Å². The third kappa shape index (κ3) is 1.96. The van der Waals surface area contributed by atoms with Crippen LogP contribution in [0, 0.1) is 6.92 Å². The number of nitrogens with two attached hydrogens (primary N) is 1. The van der Waals surface area contributed by atoms with Crippen LogP contribution in [0.5, 0.6) is 0 Å². The number of aromatic nitrogens is 2. The maximum Gasteiger partial charge on any atom is 0.114 e. The normalized spacial score (nSPS) is 27.1. The summed E-state index contributed by atoms with van der Waals surface area (Å²) >= 11 is 0. The molecule has 2 unspecified atom stereocenters. The summed E-state index contributed by atoms with van der Waals surface area (Å²) in [5.41, 5.74) is 10.2. The zero-order valence-corrected chi connectivity index (χ0v) is 12.2. The Morgan fingerprint density at radius 1 is 1.15 bits per heavy atom. The van der Waals surface area contributed by atoms with Crippen molar-refractivity contribution in [3.8, 4) is 0 Å². The molecule has 2 N–H and O–H groups in total. The van der Waals surface area contributed by atoms with E-state index in [1.807, 2.05) is 0 Å². The van der Waals surface area contributed by atoms with Crippen molar-refractivity contribution in [1.29, 1.82) is 0 Å². The van der Waals surface area contributed by atoms with Gasteiger partial charge in [0.1, 0.15) is 5.82 Å². The lowest BCUT2D eigenvalue weighted by Gasteiger charge is -2.28.